The van der Waals surface area contributed by atoms with E-state index in [1.807, 2.05) is 13.8 Å². The summed E-state index contributed by atoms with van der Waals surface area (Å²) in [5, 5.41) is 2.66. The number of carbonyl (C=O) groups excluding carboxylic acids is 2. The van der Waals surface area contributed by atoms with Crippen LogP contribution < -0.4 is 5.32 Å². The molecule has 1 N–H and O–H groups in total. The fourth-order valence-corrected chi connectivity index (χ4v) is 1.91. The van der Waals surface area contributed by atoms with Crippen LogP contribution in [0.4, 0.5) is 0 Å². The minimum atomic E-state index is -0.602. The van der Waals surface area contributed by atoms with E-state index in [-0.39, 0.29) is 5.91 Å². The number of hydrogen-bond donors (Lipinski definition) is 1. The van der Waals surface area contributed by atoms with Crippen molar-refractivity contribution in [3.63, 3.8) is 0 Å². The Morgan fingerprint density at radius 3 is 2.71 bits per heavy atom. The Balaban J connectivity index is 2.66. The largest absolute Gasteiger partial charge is 0.467 e. The summed E-state index contributed by atoms with van der Waals surface area (Å²) < 4.78 is 4.67. The first-order valence-electron chi connectivity index (χ1n) is 5.31. The fraction of sp³-hybridized carbons (Fsp3) is 0.545. The van der Waals surface area contributed by atoms with Crippen molar-refractivity contribution < 1.29 is 14.3 Å². The summed E-state index contributed by atoms with van der Waals surface area (Å²) in [5.74, 6) is -0.416. The molecule has 94 valence electrons. The molecule has 1 unspecified atom stereocenters. The number of esters is 1. The van der Waals surface area contributed by atoms with Gasteiger partial charge in [0, 0.05) is 0 Å². The molecule has 0 spiro atoms. The van der Waals surface area contributed by atoms with Gasteiger partial charge in [-0.1, -0.05) is 13.8 Å². The van der Waals surface area contributed by atoms with Gasteiger partial charge < -0.3 is 10.1 Å². The number of carbonyl (C=O) groups is 2. The van der Waals surface area contributed by atoms with Gasteiger partial charge >= 0.3 is 5.97 Å². The molecule has 0 aliphatic heterocycles. The molecule has 0 aromatic carbocycles. The summed E-state index contributed by atoms with van der Waals surface area (Å²) in [4.78, 5) is 27.6. The number of nitrogens with zero attached hydrogens (tertiary/aromatic N) is 1. The average molecular weight is 256 g/mol. The number of thiazole rings is 1. The summed E-state index contributed by atoms with van der Waals surface area (Å²) in [5.41, 5.74) is 1.57. The average Bonchev–Trinajstić information content (AvgIpc) is 2.79. The standard InChI is InChI=1S/C11H16N2O3S/c1-7(2)4-8(11(15)16-3)13-10(14)9-5-12-6-17-9/h5-8H,4H2,1-3H3,(H,13,14). The number of amides is 1. The molecule has 5 nitrogen and oxygen atoms in total. The normalized spacial score (nSPS) is 12.2. The zero-order valence-corrected chi connectivity index (χ0v) is 10.9. The molecule has 1 amide bonds. The van der Waals surface area contributed by atoms with E-state index in [1.165, 1.54) is 24.6 Å². The summed E-state index contributed by atoms with van der Waals surface area (Å²) in [6.45, 7) is 3.96. The molecule has 1 heterocycles. The van der Waals surface area contributed by atoms with Crippen molar-refractivity contribution >= 4 is 23.2 Å². The van der Waals surface area contributed by atoms with Gasteiger partial charge in [-0.05, 0) is 12.3 Å². The maximum Gasteiger partial charge on any atom is 0.328 e. The van der Waals surface area contributed by atoms with E-state index in [9.17, 15) is 9.59 Å². The first-order valence-corrected chi connectivity index (χ1v) is 6.19. The van der Waals surface area contributed by atoms with E-state index in [4.69, 9.17) is 0 Å². The van der Waals surface area contributed by atoms with Crippen LogP contribution in [-0.2, 0) is 9.53 Å². The number of nitrogens with one attached hydrogen (secondary N) is 1. The van der Waals surface area contributed by atoms with Gasteiger partial charge in [-0.2, -0.15) is 0 Å². The van der Waals surface area contributed by atoms with E-state index >= 15 is 0 Å². The van der Waals surface area contributed by atoms with Gasteiger partial charge in [0.15, 0.2) is 0 Å². The van der Waals surface area contributed by atoms with Crippen LogP contribution >= 0.6 is 11.3 Å². The fourth-order valence-electron chi connectivity index (χ4n) is 1.39. The number of aromatic nitrogens is 1. The van der Waals surface area contributed by atoms with Gasteiger partial charge in [0.25, 0.3) is 5.91 Å². The summed E-state index contributed by atoms with van der Waals surface area (Å²) in [6, 6.07) is -0.602. The van der Waals surface area contributed by atoms with Crippen LogP contribution in [0.2, 0.25) is 0 Å². The second kappa shape index (κ2) is 6.34. The monoisotopic (exact) mass is 256 g/mol. The van der Waals surface area contributed by atoms with E-state index in [0.717, 1.165) is 0 Å². The molecule has 0 aliphatic carbocycles. The highest BCUT2D eigenvalue weighted by molar-refractivity contribution is 7.11. The highest BCUT2D eigenvalue weighted by Crippen LogP contribution is 2.09. The Hall–Kier alpha value is -1.43. The predicted octanol–water partition coefficient (Wildman–Crippen LogP) is 1.46. The Morgan fingerprint density at radius 2 is 2.24 bits per heavy atom. The summed E-state index contributed by atoms with van der Waals surface area (Å²) in [6.07, 6.45) is 2.03. The molecular formula is C11H16N2O3S. The van der Waals surface area contributed by atoms with Gasteiger partial charge in [-0.15, -0.1) is 11.3 Å². The minimum Gasteiger partial charge on any atom is -0.467 e. The second-order valence-electron chi connectivity index (χ2n) is 4.04. The van der Waals surface area contributed by atoms with Gasteiger partial charge in [-0.25, -0.2) is 4.79 Å². The lowest BCUT2D eigenvalue weighted by atomic mass is 10.0. The van der Waals surface area contributed by atoms with Crippen molar-refractivity contribution in [3.05, 3.63) is 16.6 Å². The van der Waals surface area contributed by atoms with Crippen molar-refractivity contribution in [2.75, 3.05) is 7.11 Å². The molecule has 0 fully saturated rings. The zero-order valence-electron chi connectivity index (χ0n) is 10.1. The molecular weight excluding hydrogens is 240 g/mol. The summed E-state index contributed by atoms with van der Waals surface area (Å²) >= 11 is 1.24. The molecule has 0 radical (unpaired) electrons. The van der Waals surface area contributed by atoms with Crippen molar-refractivity contribution in [2.45, 2.75) is 26.3 Å². The first kappa shape index (κ1) is 13.6. The predicted molar refractivity (Wildman–Crippen MR) is 64.8 cm³/mol. The minimum absolute atomic E-state index is 0.288. The zero-order chi connectivity index (χ0) is 12.8. The topological polar surface area (TPSA) is 68.3 Å². The first-order chi connectivity index (χ1) is 8.04. The van der Waals surface area contributed by atoms with Gasteiger partial charge in [-0.3, -0.25) is 9.78 Å². The van der Waals surface area contributed by atoms with Crippen LogP contribution in [0.15, 0.2) is 11.7 Å². The van der Waals surface area contributed by atoms with Crippen molar-refractivity contribution in [2.24, 2.45) is 5.92 Å². The molecule has 0 bridgehead atoms. The van der Waals surface area contributed by atoms with Crippen LogP contribution in [0.3, 0.4) is 0 Å². The maximum absolute atomic E-state index is 11.8. The molecule has 1 aromatic rings. The number of methoxy groups -OCH3 is 1. The third-order valence-electron chi connectivity index (χ3n) is 2.15. The van der Waals surface area contributed by atoms with Gasteiger partial charge in [0.2, 0.25) is 0 Å². The van der Waals surface area contributed by atoms with Crippen molar-refractivity contribution in [3.8, 4) is 0 Å². The highest BCUT2D eigenvalue weighted by atomic mass is 32.1. The lowest BCUT2D eigenvalue weighted by molar-refractivity contribution is -0.143. The maximum atomic E-state index is 11.8. The quantitative estimate of drug-likeness (QED) is 0.810. The third kappa shape index (κ3) is 4.14. The molecule has 0 aliphatic rings. The Morgan fingerprint density at radius 1 is 1.53 bits per heavy atom. The number of rotatable bonds is 5. The SMILES string of the molecule is COC(=O)C(CC(C)C)NC(=O)c1cncs1. The number of hydrogen-bond acceptors (Lipinski definition) is 5. The molecule has 17 heavy (non-hydrogen) atoms. The van der Waals surface area contributed by atoms with Gasteiger partial charge in [0.05, 0.1) is 18.8 Å². The van der Waals surface area contributed by atoms with Gasteiger partial charge in [0.1, 0.15) is 10.9 Å². The smallest absolute Gasteiger partial charge is 0.328 e. The molecule has 0 saturated carbocycles. The third-order valence-corrected chi connectivity index (χ3v) is 2.93. The molecule has 0 saturated heterocycles. The van der Waals surface area contributed by atoms with Crippen molar-refractivity contribution in [1.82, 2.24) is 10.3 Å². The Labute approximate surface area is 104 Å². The molecule has 1 atom stereocenters. The lowest BCUT2D eigenvalue weighted by Crippen LogP contribution is -2.42. The Bertz CT molecular complexity index is 376. The number of ether oxygens (including phenoxy) is 1. The van der Waals surface area contributed by atoms with E-state index < -0.39 is 12.0 Å². The van der Waals surface area contributed by atoms with Crippen LogP contribution in [0.1, 0.15) is 29.9 Å². The summed E-state index contributed by atoms with van der Waals surface area (Å²) in [7, 11) is 1.31. The molecule has 1 rings (SSSR count). The second-order valence-corrected chi connectivity index (χ2v) is 4.93. The van der Waals surface area contributed by atoms with E-state index in [1.54, 1.807) is 5.51 Å². The van der Waals surface area contributed by atoms with Crippen LogP contribution in [-0.4, -0.2) is 30.0 Å². The van der Waals surface area contributed by atoms with Crippen LogP contribution in [0.25, 0.3) is 0 Å². The lowest BCUT2D eigenvalue weighted by Gasteiger charge is -2.17. The molecule has 1 aromatic heterocycles. The van der Waals surface area contributed by atoms with Crippen LogP contribution in [0.5, 0.6) is 0 Å². The highest BCUT2D eigenvalue weighted by Gasteiger charge is 2.23. The van der Waals surface area contributed by atoms with E-state index in [0.29, 0.717) is 17.2 Å². The van der Waals surface area contributed by atoms with Crippen LogP contribution in [0, 0.1) is 5.92 Å². The van der Waals surface area contributed by atoms with Crippen molar-refractivity contribution in [1.29, 1.82) is 0 Å². The molecule has 6 heteroatoms. The van der Waals surface area contributed by atoms with E-state index in [2.05, 4.69) is 15.0 Å². The Kier molecular flexibility index (Phi) is 5.09.